The zero-order valence-corrected chi connectivity index (χ0v) is 10.4. The second-order valence-corrected chi connectivity index (χ2v) is 4.50. The molecule has 0 aliphatic carbocycles. The first-order chi connectivity index (χ1) is 8.04. The molecule has 0 bridgehead atoms. The maximum Gasteiger partial charge on any atom is 0.312 e. The fourth-order valence-corrected chi connectivity index (χ4v) is 1.72. The molecule has 5 heteroatoms. The molecule has 0 amide bonds. The Morgan fingerprint density at radius 2 is 2.24 bits per heavy atom. The van der Waals surface area contributed by atoms with Crippen LogP contribution in [0.15, 0.2) is 24.5 Å². The molecule has 2 aromatic heterocycles. The Labute approximate surface area is 104 Å². The fraction of sp³-hybridized carbons (Fsp3) is 0.333. The lowest BCUT2D eigenvalue weighted by molar-refractivity contribution is -0.146. The predicted molar refractivity (Wildman–Crippen MR) is 65.1 cm³/mol. The van der Waals surface area contributed by atoms with E-state index in [4.69, 9.17) is 16.3 Å². The number of ether oxygens (including phenoxy) is 1. The molecule has 0 aromatic carbocycles. The second kappa shape index (κ2) is 4.75. The van der Waals surface area contributed by atoms with E-state index in [1.165, 1.54) is 0 Å². The molecule has 0 fully saturated rings. The van der Waals surface area contributed by atoms with Crippen LogP contribution in [0.3, 0.4) is 0 Å². The summed E-state index contributed by atoms with van der Waals surface area (Å²) in [5, 5.41) is 0.631. The molecule has 2 rings (SSSR count). The number of fused-ring (bicyclic) bond motifs is 1. The van der Waals surface area contributed by atoms with Gasteiger partial charge in [0, 0.05) is 12.4 Å². The van der Waals surface area contributed by atoms with Crippen LogP contribution in [0.2, 0.25) is 5.02 Å². The van der Waals surface area contributed by atoms with Gasteiger partial charge in [-0.15, -0.1) is 0 Å². The van der Waals surface area contributed by atoms with Gasteiger partial charge in [0.25, 0.3) is 0 Å². The molecule has 2 heterocycles. The van der Waals surface area contributed by atoms with E-state index >= 15 is 0 Å². The molecule has 0 spiro atoms. The van der Waals surface area contributed by atoms with Crippen LogP contribution in [0.4, 0.5) is 0 Å². The fourth-order valence-electron chi connectivity index (χ4n) is 1.55. The molecule has 0 atom stereocenters. The third-order valence-electron chi connectivity index (χ3n) is 2.16. The first-order valence-corrected chi connectivity index (χ1v) is 5.75. The van der Waals surface area contributed by atoms with Crippen LogP contribution in [0, 0.1) is 0 Å². The summed E-state index contributed by atoms with van der Waals surface area (Å²) in [5.74, 6) is -0.269. The number of rotatable bonds is 3. The van der Waals surface area contributed by atoms with E-state index in [0.717, 1.165) is 5.65 Å². The van der Waals surface area contributed by atoms with Gasteiger partial charge in [0.2, 0.25) is 0 Å². The zero-order chi connectivity index (χ0) is 12.4. The van der Waals surface area contributed by atoms with Crippen molar-refractivity contribution in [3.63, 3.8) is 0 Å². The lowest BCUT2D eigenvalue weighted by Gasteiger charge is -2.05. The summed E-state index contributed by atoms with van der Waals surface area (Å²) in [4.78, 5) is 15.8. The first-order valence-electron chi connectivity index (χ1n) is 5.37. The minimum Gasteiger partial charge on any atom is -0.463 e. The summed E-state index contributed by atoms with van der Waals surface area (Å²) in [6.45, 7) is 3.64. The van der Waals surface area contributed by atoms with Crippen molar-refractivity contribution < 1.29 is 9.53 Å². The van der Waals surface area contributed by atoms with Gasteiger partial charge in [-0.1, -0.05) is 11.6 Å². The van der Waals surface area contributed by atoms with Crippen molar-refractivity contribution in [3.05, 3.63) is 35.2 Å². The monoisotopic (exact) mass is 252 g/mol. The van der Waals surface area contributed by atoms with Crippen LogP contribution in [0.25, 0.3) is 5.65 Å². The van der Waals surface area contributed by atoms with Crippen LogP contribution in [-0.2, 0) is 16.0 Å². The van der Waals surface area contributed by atoms with Crippen molar-refractivity contribution in [1.29, 1.82) is 0 Å². The molecule has 0 aliphatic heterocycles. The van der Waals surface area contributed by atoms with E-state index in [-0.39, 0.29) is 18.5 Å². The van der Waals surface area contributed by atoms with Gasteiger partial charge in [-0.3, -0.25) is 4.79 Å². The maximum absolute atomic E-state index is 11.5. The Balaban J connectivity index is 2.17. The predicted octanol–water partition coefficient (Wildman–Crippen LogP) is 2.48. The lowest BCUT2D eigenvalue weighted by atomic mass is 10.3. The van der Waals surface area contributed by atoms with Crippen LogP contribution in [-0.4, -0.2) is 21.5 Å². The molecule has 2 aromatic rings. The molecule has 0 radical (unpaired) electrons. The quantitative estimate of drug-likeness (QED) is 0.789. The number of hydrogen-bond donors (Lipinski definition) is 0. The molecule has 0 unspecified atom stereocenters. The number of halogens is 1. The lowest BCUT2D eigenvalue weighted by Crippen LogP contribution is -2.13. The Morgan fingerprint density at radius 3 is 2.94 bits per heavy atom. The highest BCUT2D eigenvalue weighted by molar-refractivity contribution is 6.30. The Bertz CT molecular complexity index is 548. The van der Waals surface area contributed by atoms with Crippen molar-refractivity contribution in [1.82, 2.24) is 9.38 Å². The molecule has 17 heavy (non-hydrogen) atoms. The number of nitrogens with zero attached hydrogens (tertiary/aromatic N) is 2. The third kappa shape index (κ3) is 2.97. The molecule has 0 saturated heterocycles. The van der Waals surface area contributed by atoms with Crippen LogP contribution in [0.1, 0.15) is 19.5 Å². The molecule has 4 nitrogen and oxygen atoms in total. The highest BCUT2D eigenvalue weighted by atomic mass is 35.5. The van der Waals surface area contributed by atoms with E-state index in [1.54, 1.807) is 28.9 Å². The maximum atomic E-state index is 11.5. The molecular weight excluding hydrogens is 240 g/mol. The highest BCUT2D eigenvalue weighted by Gasteiger charge is 2.10. The summed E-state index contributed by atoms with van der Waals surface area (Å²) in [6, 6.07) is 3.57. The first kappa shape index (κ1) is 11.9. The number of hydrogen-bond acceptors (Lipinski definition) is 3. The molecule has 0 aliphatic rings. The Morgan fingerprint density at radius 1 is 1.47 bits per heavy atom. The number of carbonyl (C=O) groups is 1. The average molecular weight is 253 g/mol. The molecular formula is C12H13ClN2O2. The molecule has 0 saturated carbocycles. The highest BCUT2D eigenvalue weighted by Crippen LogP contribution is 2.12. The smallest absolute Gasteiger partial charge is 0.312 e. The van der Waals surface area contributed by atoms with Crippen LogP contribution < -0.4 is 0 Å². The van der Waals surface area contributed by atoms with Gasteiger partial charge in [0.1, 0.15) is 5.65 Å². The van der Waals surface area contributed by atoms with Gasteiger partial charge in [0.15, 0.2) is 0 Å². The number of imidazole rings is 1. The van der Waals surface area contributed by atoms with Gasteiger partial charge < -0.3 is 9.14 Å². The van der Waals surface area contributed by atoms with Gasteiger partial charge in [0.05, 0.1) is 23.2 Å². The van der Waals surface area contributed by atoms with Gasteiger partial charge in [-0.25, -0.2) is 4.98 Å². The van der Waals surface area contributed by atoms with Crippen molar-refractivity contribution in [2.24, 2.45) is 0 Å². The van der Waals surface area contributed by atoms with Gasteiger partial charge in [-0.2, -0.15) is 0 Å². The van der Waals surface area contributed by atoms with E-state index < -0.39 is 0 Å². The Kier molecular flexibility index (Phi) is 3.33. The SMILES string of the molecule is CC(C)OC(=O)Cc1cn2cc(Cl)ccc2n1. The number of carbonyl (C=O) groups excluding carboxylic acids is 1. The zero-order valence-electron chi connectivity index (χ0n) is 9.68. The summed E-state index contributed by atoms with van der Waals surface area (Å²) in [7, 11) is 0. The van der Waals surface area contributed by atoms with Gasteiger partial charge >= 0.3 is 5.97 Å². The van der Waals surface area contributed by atoms with E-state index in [0.29, 0.717) is 10.7 Å². The number of esters is 1. The van der Waals surface area contributed by atoms with E-state index in [9.17, 15) is 4.79 Å². The summed E-state index contributed by atoms with van der Waals surface area (Å²) in [5.41, 5.74) is 1.44. The average Bonchev–Trinajstić information content (AvgIpc) is 2.57. The normalized spacial score (nSPS) is 11.1. The molecule has 90 valence electrons. The summed E-state index contributed by atoms with van der Waals surface area (Å²) < 4.78 is 6.85. The van der Waals surface area contributed by atoms with Gasteiger partial charge in [-0.05, 0) is 26.0 Å². The molecule has 0 N–H and O–H groups in total. The van der Waals surface area contributed by atoms with Crippen molar-refractivity contribution >= 4 is 23.2 Å². The number of pyridine rings is 1. The largest absolute Gasteiger partial charge is 0.463 e. The minimum absolute atomic E-state index is 0.103. The van der Waals surface area contributed by atoms with Crippen molar-refractivity contribution in [2.45, 2.75) is 26.4 Å². The van der Waals surface area contributed by atoms with Crippen LogP contribution >= 0.6 is 11.6 Å². The number of aromatic nitrogens is 2. The summed E-state index contributed by atoms with van der Waals surface area (Å²) >= 11 is 5.86. The topological polar surface area (TPSA) is 43.6 Å². The standard InChI is InChI=1S/C12H13ClN2O2/c1-8(2)17-12(16)5-10-7-15-6-9(13)3-4-11(15)14-10/h3-4,6-8H,5H2,1-2H3. The second-order valence-electron chi connectivity index (χ2n) is 4.06. The van der Waals surface area contributed by atoms with Crippen LogP contribution in [0.5, 0.6) is 0 Å². The Hall–Kier alpha value is -1.55. The van der Waals surface area contributed by atoms with E-state index in [1.807, 2.05) is 13.8 Å². The minimum atomic E-state index is -0.269. The van der Waals surface area contributed by atoms with Crippen molar-refractivity contribution in [3.8, 4) is 0 Å². The van der Waals surface area contributed by atoms with E-state index in [2.05, 4.69) is 4.98 Å². The summed E-state index contributed by atoms with van der Waals surface area (Å²) in [6.07, 6.45) is 3.61. The van der Waals surface area contributed by atoms with Crippen molar-refractivity contribution in [2.75, 3.05) is 0 Å². The third-order valence-corrected chi connectivity index (χ3v) is 2.38.